The molecule has 2 aliphatic rings. The van der Waals surface area contributed by atoms with Crippen LogP contribution in [0.2, 0.25) is 0 Å². The fourth-order valence-corrected chi connectivity index (χ4v) is 4.02. The van der Waals surface area contributed by atoms with Crippen molar-refractivity contribution in [2.45, 2.75) is 25.3 Å². The first-order valence-electron chi connectivity index (χ1n) is 5.68. The average Bonchev–Trinajstić information content (AvgIpc) is 2.80. The van der Waals surface area contributed by atoms with Crippen LogP contribution in [0, 0.1) is 0 Å². The van der Waals surface area contributed by atoms with Gasteiger partial charge in [-0.25, -0.2) is 0 Å². The van der Waals surface area contributed by atoms with Crippen LogP contribution in [0.15, 0.2) is 12.2 Å². The summed E-state index contributed by atoms with van der Waals surface area (Å²) in [6, 6.07) is -0.897. The van der Waals surface area contributed by atoms with Crippen molar-refractivity contribution < 1.29 is 18.3 Å². The Morgan fingerprint density at radius 3 is 2.65 bits per heavy atom. The topological polar surface area (TPSA) is 77.9 Å². The third-order valence-corrected chi connectivity index (χ3v) is 5.15. The van der Waals surface area contributed by atoms with Crippen LogP contribution >= 0.6 is 0 Å². The molecule has 0 unspecified atom stereocenters. The molecule has 0 aromatic carbocycles. The zero-order valence-electron chi connectivity index (χ0n) is 9.45. The van der Waals surface area contributed by atoms with E-state index < -0.39 is 22.2 Å². The minimum absolute atomic E-state index is 0.305. The molecule has 6 nitrogen and oxygen atoms in total. The quantitative estimate of drug-likeness (QED) is 0.727. The van der Waals surface area contributed by atoms with Gasteiger partial charge in [-0.05, 0) is 19.3 Å². The lowest BCUT2D eigenvalue weighted by molar-refractivity contribution is -0.140. The number of hydrogen-bond donors (Lipinski definition) is 1. The summed E-state index contributed by atoms with van der Waals surface area (Å²) in [7, 11) is -3.62. The van der Waals surface area contributed by atoms with Gasteiger partial charge in [0, 0.05) is 19.6 Å². The molecule has 0 radical (unpaired) electrons. The molecule has 17 heavy (non-hydrogen) atoms. The van der Waals surface area contributed by atoms with Gasteiger partial charge in [0.2, 0.25) is 0 Å². The van der Waals surface area contributed by atoms with E-state index in [4.69, 9.17) is 5.11 Å². The van der Waals surface area contributed by atoms with Crippen molar-refractivity contribution in [3.8, 4) is 0 Å². The highest BCUT2D eigenvalue weighted by Crippen LogP contribution is 2.24. The number of carboxylic acids is 1. The Morgan fingerprint density at radius 1 is 1.29 bits per heavy atom. The molecule has 1 saturated heterocycles. The molecule has 0 aromatic rings. The minimum atomic E-state index is -3.62. The van der Waals surface area contributed by atoms with E-state index in [-0.39, 0.29) is 0 Å². The van der Waals surface area contributed by atoms with Crippen molar-refractivity contribution in [3.05, 3.63) is 12.2 Å². The first kappa shape index (κ1) is 12.5. The zero-order chi connectivity index (χ0) is 12.5. The fraction of sp³-hybridized carbons (Fsp3) is 0.700. The fourth-order valence-electron chi connectivity index (χ4n) is 2.24. The Morgan fingerprint density at radius 2 is 2.06 bits per heavy atom. The summed E-state index contributed by atoms with van der Waals surface area (Å²) in [6.45, 7) is 1.08. The van der Waals surface area contributed by atoms with Crippen LogP contribution in [0.5, 0.6) is 0 Å². The molecule has 0 bridgehead atoms. The van der Waals surface area contributed by atoms with E-state index in [1.807, 2.05) is 6.08 Å². The normalized spacial score (nSPS) is 27.4. The standard InChI is InChI=1S/C10H16N2O4S/c13-10(14)9-5-4-8-12(9)17(15,16)11-6-2-1-3-7-11/h1-2,9H,3-8H2,(H,13,14)/t9-/m0/s1. The molecule has 2 aliphatic heterocycles. The van der Waals surface area contributed by atoms with Crippen LogP contribution in [0.1, 0.15) is 19.3 Å². The van der Waals surface area contributed by atoms with Crippen LogP contribution in [-0.2, 0) is 15.0 Å². The number of carbonyl (C=O) groups is 1. The number of carboxylic acid groups (broad SMARTS) is 1. The van der Waals surface area contributed by atoms with E-state index in [2.05, 4.69) is 0 Å². The SMILES string of the molecule is O=C(O)[C@@H]1CCCN1S(=O)(=O)N1CC=CCC1. The Balaban J connectivity index is 2.19. The summed E-state index contributed by atoms with van der Waals surface area (Å²) in [6.07, 6.45) is 5.43. The molecule has 0 amide bonds. The molecular formula is C10H16N2O4S. The van der Waals surface area contributed by atoms with E-state index in [1.165, 1.54) is 4.31 Å². The maximum Gasteiger partial charge on any atom is 0.322 e. The highest BCUT2D eigenvalue weighted by Gasteiger charge is 2.41. The predicted molar refractivity (Wildman–Crippen MR) is 61.6 cm³/mol. The minimum Gasteiger partial charge on any atom is -0.480 e. The lowest BCUT2D eigenvalue weighted by Gasteiger charge is -2.29. The number of hydrogen-bond acceptors (Lipinski definition) is 3. The molecule has 7 heteroatoms. The van der Waals surface area contributed by atoms with E-state index in [0.717, 1.165) is 4.31 Å². The van der Waals surface area contributed by atoms with Gasteiger partial charge in [0.25, 0.3) is 10.2 Å². The van der Waals surface area contributed by atoms with Gasteiger partial charge in [-0.2, -0.15) is 17.0 Å². The van der Waals surface area contributed by atoms with Gasteiger partial charge in [-0.3, -0.25) is 4.79 Å². The van der Waals surface area contributed by atoms with E-state index in [1.54, 1.807) is 6.08 Å². The van der Waals surface area contributed by atoms with Crippen LogP contribution in [0.3, 0.4) is 0 Å². The molecule has 0 saturated carbocycles. The van der Waals surface area contributed by atoms with E-state index in [9.17, 15) is 13.2 Å². The summed E-state index contributed by atoms with van der Waals surface area (Å²) in [4.78, 5) is 11.0. The number of rotatable bonds is 3. The van der Waals surface area contributed by atoms with Gasteiger partial charge < -0.3 is 5.11 Å². The van der Waals surface area contributed by atoms with Crippen LogP contribution in [0.4, 0.5) is 0 Å². The predicted octanol–water partition coefficient (Wildman–Crippen LogP) is 0.0421. The molecule has 2 heterocycles. The van der Waals surface area contributed by atoms with Crippen LogP contribution in [0.25, 0.3) is 0 Å². The Labute approximate surface area is 101 Å². The van der Waals surface area contributed by atoms with Crippen LogP contribution in [-0.4, -0.2) is 53.8 Å². The molecule has 1 atom stereocenters. The van der Waals surface area contributed by atoms with Crippen molar-refractivity contribution in [2.75, 3.05) is 19.6 Å². The third-order valence-electron chi connectivity index (χ3n) is 3.13. The first-order chi connectivity index (χ1) is 8.03. The Hall–Kier alpha value is -0.920. The highest BCUT2D eigenvalue weighted by atomic mass is 32.2. The summed E-state index contributed by atoms with van der Waals surface area (Å²) in [5.41, 5.74) is 0. The second kappa shape index (κ2) is 4.75. The maximum absolute atomic E-state index is 12.3. The second-order valence-corrected chi connectivity index (χ2v) is 6.11. The number of aliphatic carboxylic acids is 1. The lowest BCUT2D eigenvalue weighted by Crippen LogP contribution is -2.49. The summed E-state index contributed by atoms with van der Waals surface area (Å²) >= 11 is 0. The molecule has 0 aromatic heterocycles. The van der Waals surface area contributed by atoms with E-state index >= 15 is 0 Å². The summed E-state index contributed by atoms with van der Waals surface area (Å²) in [5.74, 6) is -1.06. The molecule has 1 N–H and O–H groups in total. The monoisotopic (exact) mass is 260 g/mol. The zero-order valence-corrected chi connectivity index (χ0v) is 10.3. The van der Waals surface area contributed by atoms with Crippen LogP contribution < -0.4 is 0 Å². The van der Waals surface area contributed by atoms with Gasteiger partial charge >= 0.3 is 5.97 Å². The molecule has 1 fully saturated rings. The smallest absolute Gasteiger partial charge is 0.322 e. The van der Waals surface area contributed by atoms with Crippen molar-refractivity contribution in [2.24, 2.45) is 0 Å². The highest BCUT2D eigenvalue weighted by molar-refractivity contribution is 7.86. The van der Waals surface area contributed by atoms with Crippen molar-refractivity contribution in [1.82, 2.24) is 8.61 Å². The number of nitrogens with zero attached hydrogens (tertiary/aromatic N) is 2. The lowest BCUT2D eigenvalue weighted by atomic mass is 10.2. The average molecular weight is 260 g/mol. The summed E-state index contributed by atoms with van der Waals surface area (Å²) < 4.78 is 27.0. The molecule has 0 aliphatic carbocycles. The maximum atomic E-state index is 12.3. The molecule has 0 spiro atoms. The largest absolute Gasteiger partial charge is 0.480 e. The Kier molecular flexibility index (Phi) is 3.50. The molecule has 96 valence electrons. The van der Waals surface area contributed by atoms with Crippen molar-refractivity contribution in [1.29, 1.82) is 0 Å². The third kappa shape index (κ3) is 2.36. The van der Waals surface area contributed by atoms with Crippen molar-refractivity contribution >= 4 is 16.2 Å². The van der Waals surface area contributed by atoms with E-state index in [0.29, 0.717) is 38.9 Å². The first-order valence-corrected chi connectivity index (χ1v) is 7.08. The summed E-state index contributed by atoms with van der Waals surface area (Å²) in [5, 5.41) is 9.01. The van der Waals surface area contributed by atoms with Crippen molar-refractivity contribution in [3.63, 3.8) is 0 Å². The molecular weight excluding hydrogens is 244 g/mol. The van der Waals surface area contributed by atoms with Gasteiger partial charge in [0.05, 0.1) is 0 Å². The second-order valence-electron chi connectivity index (χ2n) is 4.23. The Bertz CT molecular complexity index is 432. The van der Waals surface area contributed by atoms with Gasteiger partial charge in [-0.1, -0.05) is 12.2 Å². The van der Waals surface area contributed by atoms with Gasteiger partial charge in [0.1, 0.15) is 6.04 Å². The van der Waals surface area contributed by atoms with Gasteiger partial charge in [0.15, 0.2) is 0 Å². The van der Waals surface area contributed by atoms with Gasteiger partial charge in [-0.15, -0.1) is 0 Å². The molecule has 2 rings (SSSR count).